The molecule has 0 radical (unpaired) electrons. The number of hydrogen-bond acceptors (Lipinski definition) is 2. The average Bonchev–Trinajstić information content (AvgIpc) is 2.64. The second kappa shape index (κ2) is 8.05. The fraction of sp³-hybridized carbons (Fsp3) is 0.0526. The van der Waals surface area contributed by atoms with Gasteiger partial charge in [0.2, 0.25) is 0 Å². The third-order valence-electron chi connectivity index (χ3n) is 3.63. The van der Waals surface area contributed by atoms with Gasteiger partial charge in [-0.25, -0.2) is 4.39 Å². The van der Waals surface area contributed by atoms with Gasteiger partial charge in [-0.3, -0.25) is 4.98 Å². The molecule has 0 spiro atoms. The van der Waals surface area contributed by atoms with Gasteiger partial charge >= 0.3 is 0 Å². The first kappa shape index (κ1) is 17.3. The first-order valence-corrected chi connectivity index (χ1v) is 8.39. The van der Waals surface area contributed by atoms with Crippen LogP contribution in [0.4, 0.5) is 10.1 Å². The fourth-order valence-electron chi connectivity index (χ4n) is 2.43. The molecule has 0 fully saturated rings. The largest absolute Gasteiger partial charge is 0.352 e. The molecular formula is C19H15ClFN3S. The maximum Gasteiger partial charge on any atom is 0.171 e. The summed E-state index contributed by atoms with van der Waals surface area (Å²) in [4.78, 5) is 4.06. The molecule has 126 valence electrons. The Morgan fingerprint density at radius 2 is 1.68 bits per heavy atom. The summed E-state index contributed by atoms with van der Waals surface area (Å²) in [6.45, 7) is 0. The van der Waals surface area contributed by atoms with E-state index in [-0.39, 0.29) is 11.1 Å². The van der Waals surface area contributed by atoms with Gasteiger partial charge in [-0.05, 0) is 53.7 Å². The second-order valence-corrected chi connectivity index (χ2v) is 6.17. The lowest BCUT2D eigenvalue weighted by atomic mass is 10.00. The highest BCUT2D eigenvalue weighted by molar-refractivity contribution is 7.80. The van der Waals surface area contributed by atoms with Crippen molar-refractivity contribution in [2.45, 2.75) is 6.04 Å². The SMILES string of the molecule is Fc1ccc(NC(=S)N[C@H](c2ccccc2)c2ccncc2)cc1Cl. The Kier molecular flexibility index (Phi) is 5.58. The van der Waals surface area contributed by atoms with E-state index in [1.165, 1.54) is 12.1 Å². The molecule has 0 bridgehead atoms. The molecule has 0 aliphatic heterocycles. The molecule has 3 rings (SSSR count). The minimum atomic E-state index is -0.468. The average molecular weight is 372 g/mol. The maximum absolute atomic E-state index is 13.3. The molecule has 0 amide bonds. The van der Waals surface area contributed by atoms with Crippen LogP contribution in [0.1, 0.15) is 17.2 Å². The van der Waals surface area contributed by atoms with Crippen LogP contribution in [0.25, 0.3) is 0 Å². The molecule has 2 N–H and O–H groups in total. The van der Waals surface area contributed by atoms with Crippen LogP contribution in [0.15, 0.2) is 73.1 Å². The van der Waals surface area contributed by atoms with Gasteiger partial charge in [0.05, 0.1) is 11.1 Å². The fourth-order valence-corrected chi connectivity index (χ4v) is 2.85. The van der Waals surface area contributed by atoms with Crippen LogP contribution in [0.5, 0.6) is 0 Å². The Morgan fingerprint density at radius 3 is 2.36 bits per heavy atom. The van der Waals surface area contributed by atoms with E-state index in [1.54, 1.807) is 18.5 Å². The zero-order valence-electron chi connectivity index (χ0n) is 13.1. The quantitative estimate of drug-likeness (QED) is 0.636. The van der Waals surface area contributed by atoms with E-state index in [0.29, 0.717) is 10.8 Å². The summed E-state index contributed by atoms with van der Waals surface area (Å²) in [5.41, 5.74) is 2.71. The third-order valence-corrected chi connectivity index (χ3v) is 4.13. The normalized spacial score (nSPS) is 11.6. The zero-order chi connectivity index (χ0) is 17.6. The predicted molar refractivity (Wildman–Crippen MR) is 103 cm³/mol. The first-order chi connectivity index (χ1) is 12.1. The van der Waals surface area contributed by atoms with E-state index in [1.807, 2.05) is 42.5 Å². The van der Waals surface area contributed by atoms with Crippen molar-refractivity contribution in [1.82, 2.24) is 10.3 Å². The van der Waals surface area contributed by atoms with Crippen molar-refractivity contribution in [2.24, 2.45) is 0 Å². The summed E-state index contributed by atoms with van der Waals surface area (Å²) in [6.07, 6.45) is 3.48. The van der Waals surface area contributed by atoms with Gasteiger partial charge in [0, 0.05) is 18.1 Å². The van der Waals surface area contributed by atoms with Crippen molar-refractivity contribution in [3.63, 3.8) is 0 Å². The van der Waals surface area contributed by atoms with E-state index in [2.05, 4.69) is 15.6 Å². The van der Waals surface area contributed by atoms with Gasteiger partial charge < -0.3 is 10.6 Å². The summed E-state index contributed by atoms with van der Waals surface area (Å²) < 4.78 is 13.3. The number of pyridine rings is 1. The van der Waals surface area contributed by atoms with Crippen LogP contribution in [0.3, 0.4) is 0 Å². The highest BCUT2D eigenvalue weighted by Gasteiger charge is 2.15. The predicted octanol–water partition coefficient (Wildman–Crippen LogP) is 4.95. The Morgan fingerprint density at radius 1 is 1.00 bits per heavy atom. The Labute approximate surface area is 155 Å². The van der Waals surface area contributed by atoms with Crippen molar-refractivity contribution in [3.05, 3.63) is 95.0 Å². The number of thiocarbonyl (C=S) groups is 1. The molecule has 0 aliphatic rings. The summed E-state index contributed by atoms with van der Waals surface area (Å²) >= 11 is 11.2. The number of aromatic nitrogens is 1. The number of rotatable bonds is 4. The number of halogens is 2. The van der Waals surface area contributed by atoms with Gasteiger partial charge in [-0.2, -0.15) is 0 Å². The maximum atomic E-state index is 13.3. The first-order valence-electron chi connectivity index (χ1n) is 7.61. The molecule has 3 aromatic rings. The lowest BCUT2D eigenvalue weighted by Crippen LogP contribution is -2.33. The van der Waals surface area contributed by atoms with Crippen LogP contribution in [0.2, 0.25) is 5.02 Å². The molecule has 0 saturated heterocycles. The van der Waals surface area contributed by atoms with Crippen LogP contribution in [-0.4, -0.2) is 10.1 Å². The molecule has 1 atom stereocenters. The molecular weight excluding hydrogens is 357 g/mol. The van der Waals surface area contributed by atoms with Crippen LogP contribution in [-0.2, 0) is 0 Å². The molecule has 2 aromatic carbocycles. The highest BCUT2D eigenvalue weighted by Crippen LogP contribution is 2.23. The van der Waals surface area contributed by atoms with Crippen LogP contribution >= 0.6 is 23.8 Å². The van der Waals surface area contributed by atoms with Crippen LogP contribution in [0, 0.1) is 5.82 Å². The second-order valence-electron chi connectivity index (χ2n) is 5.35. The van der Waals surface area contributed by atoms with E-state index >= 15 is 0 Å². The molecule has 1 aromatic heterocycles. The molecule has 0 unspecified atom stereocenters. The van der Waals surface area contributed by atoms with E-state index in [4.69, 9.17) is 23.8 Å². The van der Waals surface area contributed by atoms with E-state index in [0.717, 1.165) is 11.1 Å². The van der Waals surface area contributed by atoms with Crippen molar-refractivity contribution in [3.8, 4) is 0 Å². The molecule has 1 heterocycles. The van der Waals surface area contributed by atoms with Gasteiger partial charge in [0.15, 0.2) is 5.11 Å². The Bertz CT molecular complexity index is 820. The highest BCUT2D eigenvalue weighted by atomic mass is 35.5. The molecule has 25 heavy (non-hydrogen) atoms. The molecule has 3 nitrogen and oxygen atoms in total. The van der Waals surface area contributed by atoms with Crippen molar-refractivity contribution < 1.29 is 4.39 Å². The standard InChI is InChI=1S/C19H15ClFN3S/c20-16-12-15(6-7-17(16)21)23-19(25)24-18(13-4-2-1-3-5-13)14-8-10-22-11-9-14/h1-12,18H,(H2,23,24,25)/t18-/m1/s1. The minimum absolute atomic E-state index is 0.0431. The monoisotopic (exact) mass is 371 g/mol. The third kappa shape index (κ3) is 4.53. The van der Waals surface area contributed by atoms with E-state index in [9.17, 15) is 4.39 Å². The van der Waals surface area contributed by atoms with Crippen molar-refractivity contribution >= 4 is 34.6 Å². The Balaban J connectivity index is 1.80. The number of nitrogens with one attached hydrogen (secondary N) is 2. The summed E-state index contributed by atoms with van der Waals surface area (Å²) in [5.74, 6) is -0.468. The topological polar surface area (TPSA) is 37.0 Å². The van der Waals surface area contributed by atoms with Gasteiger partial charge in [-0.1, -0.05) is 41.9 Å². The molecule has 0 aliphatic carbocycles. The van der Waals surface area contributed by atoms with Crippen molar-refractivity contribution in [2.75, 3.05) is 5.32 Å². The lowest BCUT2D eigenvalue weighted by molar-refractivity contribution is 0.628. The number of nitrogens with zero attached hydrogens (tertiary/aromatic N) is 1. The summed E-state index contributed by atoms with van der Waals surface area (Å²) in [7, 11) is 0. The number of benzene rings is 2. The van der Waals surface area contributed by atoms with Crippen molar-refractivity contribution in [1.29, 1.82) is 0 Å². The number of anilines is 1. The van der Waals surface area contributed by atoms with Gasteiger partial charge in [0.1, 0.15) is 5.82 Å². The van der Waals surface area contributed by atoms with Gasteiger partial charge in [0.25, 0.3) is 0 Å². The lowest BCUT2D eigenvalue weighted by Gasteiger charge is -2.22. The smallest absolute Gasteiger partial charge is 0.171 e. The Hall–Kier alpha value is -2.50. The van der Waals surface area contributed by atoms with E-state index < -0.39 is 5.82 Å². The summed E-state index contributed by atoms with van der Waals surface area (Å²) in [5, 5.41) is 6.78. The molecule has 0 saturated carbocycles. The molecule has 6 heteroatoms. The van der Waals surface area contributed by atoms with Crippen LogP contribution < -0.4 is 10.6 Å². The summed E-state index contributed by atoms with van der Waals surface area (Å²) in [6, 6.07) is 18.1. The minimum Gasteiger partial charge on any atom is -0.352 e. The number of hydrogen-bond donors (Lipinski definition) is 2. The zero-order valence-corrected chi connectivity index (χ0v) is 14.7. The van der Waals surface area contributed by atoms with Gasteiger partial charge in [-0.15, -0.1) is 0 Å².